The van der Waals surface area contributed by atoms with Gasteiger partial charge in [-0.25, -0.2) is 0 Å². The van der Waals surface area contributed by atoms with Crippen LogP contribution in [0.15, 0.2) is 24.3 Å². The lowest BCUT2D eigenvalue weighted by Gasteiger charge is -2.30. The number of methoxy groups -OCH3 is 1. The Morgan fingerprint density at radius 2 is 2.32 bits per heavy atom. The lowest BCUT2D eigenvalue weighted by atomic mass is 9.76. The van der Waals surface area contributed by atoms with Gasteiger partial charge in [-0.05, 0) is 30.5 Å². The number of terminal acetylenes is 1. The fourth-order valence-electron chi connectivity index (χ4n) is 3.24. The van der Waals surface area contributed by atoms with Gasteiger partial charge >= 0.3 is 0 Å². The summed E-state index contributed by atoms with van der Waals surface area (Å²) in [5.74, 6) is 3.71. The maximum atomic E-state index is 5.44. The van der Waals surface area contributed by atoms with Crippen LogP contribution >= 0.6 is 0 Å². The van der Waals surface area contributed by atoms with Crippen molar-refractivity contribution in [1.29, 1.82) is 0 Å². The highest BCUT2D eigenvalue weighted by atomic mass is 16.5. The van der Waals surface area contributed by atoms with Gasteiger partial charge < -0.3 is 4.74 Å². The first-order chi connectivity index (χ1) is 9.24. The van der Waals surface area contributed by atoms with Gasteiger partial charge in [0.1, 0.15) is 5.75 Å². The smallest absolute Gasteiger partial charge is 0.119 e. The fourth-order valence-corrected chi connectivity index (χ4v) is 3.24. The van der Waals surface area contributed by atoms with E-state index in [1.165, 1.54) is 24.8 Å². The minimum atomic E-state index is 0.250. The van der Waals surface area contributed by atoms with E-state index in [0.717, 1.165) is 25.4 Å². The summed E-state index contributed by atoms with van der Waals surface area (Å²) in [6.07, 6.45) is 9.04. The molecule has 0 N–H and O–H groups in total. The summed E-state index contributed by atoms with van der Waals surface area (Å²) in [5.41, 5.74) is 1.65. The Morgan fingerprint density at radius 1 is 1.47 bits per heavy atom. The van der Waals surface area contributed by atoms with Gasteiger partial charge in [0.2, 0.25) is 0 Å². The van der Waals surface area contributed by atoms with Crippen molar-refractivity contribution >= 4 is 0 Å². The van der Waals surface area contributed by atoms with E-state index in [1.807, 2.05) is 6.07 Å². The largest absolute Gasteiger partial charge is 0.497 e. The van der Waals surface area contributed by atoms with Gasteiger partial charge in [0.25, 0.3) is 0 Å². The van der Waals surface area contributed by atoms with Crippen LogP contribution in [0.1, 0.15) is 31.7 Å². The Hall–Kier alpha value is -1.46. The van der Waals surface area contributed by atoms with Gasteiger partial charge in [0.15, 0.2) is 0 Å². The summed E-state index contributed by atoms with van der Waals surface area (Å²) < 4.78 is 5.37. The van der Waals surface area contributed by atoms with Crippen molar-refractivity contribution < 1.29 is 4.74 Å². The molecule has 2 rings (SSSR count). The third kappa shape index (κ3) is 2.93. The first-order valence-corrected chi connectivity index (χ1v) is 7.04. The Kier molecular flexibility index (Phi) is 4.50. The third-order valence-corrected chi connectivity index (χ3v) is 4.16. The maximum Gasteiger partial charge on any atom is 0.119 e. The van der Waals surface area contributed by atoms with E-state index in [1.54, 1.807) is 7.11 Å². The molecule has 2 nitrogen and oxygen atoms in total. The van der Waals surface area contributed by atoms with Crippen molar-refractivity contribution in [2.75, 3.05) is 26.7 Å². The van der Waals surface area contributed by atoms with Crippen LogP contribution < -0.4 is 4.74 Å². The molecule has 0 bridgehead atoms. The summed E-state index contributed by atoms with van der Waals surface area (Å²) in [7, 11) is 1.73. The predicted molar refractivity (Wildman–Crippen MR) is 79.5 cm³/mol. The van der Waals surface area contributed by atoms with Crippen LogP contribution in [0, 0.1) is 12.3 Å². The molecule has 0 aliphatic carbocycles. The molecule has 0 radical (unpaired) electrons. The average molecular weight is 257 g/mol. The zero-order valence-corrected chi connectivity index (χ0v) is 12.0. The van der Waals surface area contributed by atoms with E-state index in [2.05, 4.69) is 35.9 Å². The van der Waals surface area contributed by atoms with Gasteiger partial charge in [-0.2, -0.15) is 0 Å². The molecule has 102 valence electrons. The van der Waals surface area contributed by atoms with Crippen LogP contribution in [-0.4, -0.2) is 31.6 Å². The summed E-state index contributed by atoms with van der Waals surface area (Å²) in [5, 5.41) is 0. The minimum absolute atomic E-state index is 0.250. The molecule has 1 aromatic carbocycles. The number of likely N-dealkylation sites (tertiary alicyclic amines) is 1. The van der Waals surface area contributed by atoms with Crippen molar-refractivity contribution in [2.24, 2.45) is 0 Å². The van der Waals surface area contributed by atoms with Gasteiger partial charge in [0.05, 0.1) is 13.7 Å². The number of ether oxygens (including phenoxy) is 1. The van der Waals surface area contributed by atoms with Crippen LogP contribution in [0.3, 0.4) is 0 Å². The standard InChI is InChI=1S/C17H23NO/c1-4-9-17(10-12-18(14-17)11-5-2)15-7-6-8-16(13-15)19-3/h2,6-8,13H,4,9-12,14H2,1,3H3/t17-/m1/s1. The predicted octanol–water partition coefficient (Wildman–Crippen LogP) is 3.07. The van der Waals surface area contributed by atoms with Crippen molar-refractivity contribution in [3.05, 3.63) is 29.8 Å². The third-order valence-electron chi connectivity index (χ3n) is 4.16. The minimum Gasteiger partial charge on any atom is -0.497 e. The SMILES string of the molecule is C#CCN1CC[C@@](CCC)(c2cccc(OC)c2)C1. The van der Waals surface area contributed by atoms with Crippen LogP contribution in [0.2, 0.25) is 0 Å². The highest BCUT2D eigenvalue weighted by molar-refractivity contribution is 5.35. The molecule has 0 saturated carbocycles. The molecule has 19 heavy (non-hydrogen) atoms. The monoisotopic (exact) mass is 257 g/mol. The number of rotatable bonds is 5. The van der Waals surface area contributed by atoms with Crippen molar-refractivity contribution in [3.8, 4) is 18.1 Å². The van der Waals surface area contributed by atoms with E-state index in [4.69, 9.17) is 11.2 Å². The number of hydrogen-bond acceptors (Lipinski definition) is 2. The Labute approximate surface area is 116 Å². The first-order valence-electron chi connectivity index (χ1n) is 7.04. The average Bonchev–Trinajstić information content (AvgIpc) is 2.84. The van der Waals surface area contributed by atoms with E-state index >= 15 is 0 Å². The highest BCUT2D eigenvalue weighted by Gasteiger charge is 2.38. The molecule has 0 unspecified atom stereocenters. The van der Waals surface area contributed by atoms with Gasteiger partial charge in [-0.1, -0.05) is 31.4 Å². The summed E-state index contributed by atoms with van der Waals surface area (Å²) in [4.78, 5) is 2.38. The summed E-state index contributed by atoms with van der Waals surface area (Å²) in [6, 6.07) is 8.53. The normalized spacial score (nSPS) is 23.2. The number of hydrogen-bond donors (Lipinski definition) is 0. The lowest BCUT2D eigenvalue weighted by molar-refractivity contribution is 0.329. The fraction of sp³-hybridized carbons (Fsp3) is 0.529. The van der Waals surface area contributed by atoms with Crippen LogP contribution in [0.5, 0.6) is 5.75 Å². The molecule has 1 saturated heterocycles. The van der Waals surface area contributed by atoms with E-state index in [-0.39, 0.29) is 5.41 Å². The lowest BCUT2D eigenvalue weighted by Crippen LogP contribution is -2.31. The molecule has 1 aliphatic heterocycles. The molecular weight excluding hydrogens is 234 g/mol. The molecule has 1 heterocycles. The van der Waals surface area contributed by atoms with Gasteiger partial charge in [-0.3, -0.25) is 4.90 Å². The first kappa shape index (κ1) is 14.0. The van der Waals surface area contributed by atoms with Gasteiger partial charge in [-0.15, -0.1) is 6.42 Å². The molecule has 0 aromatic heterocycles. The Morgan fingerprint density at radius 3 is 3.00 bits per heavy atom. The molecule has 1 aliphatic rings. The second-order valence-corrected chi connectivity index (χ2v) is 5.43. The summed E-state index contributed by atoms with van der Waals surface area (Å²) in [6.45, 7) is 5.18. The van der Waals surface area contributed by atoms with Crippen LogP contribution in [0.4, 0.5) is 0 Å². The van der Waals surface area contributed by atoms with E-state index in [0.29, 0.717) is 0 Å². The molecular formula is C17H23NO. The van der Waals surface area contributed by atoms with Crippen LogP contribution in [0.25, 0.3) is 0 Å². The summed E-state index contributed by atoms with van der Waals surface area (Å²) >= 11 is 0. The van der Waals surface area contributed by atoms with Crippen molar-refractivity contribution in [2.45, 2.75) is 31.6 Å². The quantitative estimate of drug-likeness (QED) is 0.752. The molecule has 1 aromatic rings. The zero-order chi connectivity index (χ0) is 13.7. The molecule has 2 heteroatoms. The number of nitrogens with zero attached hydrogens (tertiary/aromatic N) is 1. The second kappa shape index (κ2) is 6.12. The number of benzene rings is 1. The Balaban J connectivity index is 2.27. The van der Waals surface area contributed by atoms with Crippen molar-refractivity contribution in [1.82, 2.24) is 4.90 Å². The zero-order valence-electron chi connectivity index (χ0n) is 12.0. The van der Waals surface area contributed by atoms with E-state index in [9.17, 15) is 0 Å². The maximum absolute atomic E-state index is 5.44. The molecule has 1 fully saturated rings. The van der Waals surface area contributed by atoms with E-state index < -0.39 is 0 Å². The molecule has 0 spiro atoms. The molecule has 1 atom stereocenters. The van der Waals surface area contributed by atoms with Gasteiger partial charge in [0, 0.05) is 18.5 Å². The topological polar surface area (TPSA) is 12.5 Å². The second-order valence-electron chi connectivity index (χ2n) is 5.43. The van der Waals surface area contributed by atoms with Crippen LogP contribution in [-0.2, 0) is 5.41 Å². The Bertz CT molecular complexity index is 463. The highest BCUT2D eigenvalue weighted by Crippen LogP contribution is 2.39. The molecule has 0 amide bonds. The van der Waals surface area contributed by atoms with Crippen molar-refractivity contribution in [3.63, 3.8) is 0 Å².